The summed E-state index contributed by atoms with van der Waals surface area (Å²) in [7, 11) is -1.97. The summed E-state index contributed by atoms with van der Waals surface area (Å²) in [5.74, 6) is 0.0220. The highest BCUT2D eigenvalue weighted by Crippen LogP contribution is 2.36. The Morgan fingerprint density at radius 1 is 1.35 bits per heavy atom. The maximum atomic E-state index is 12.8. The second kappa shape index (κ2) is 7.32. The minimum absolute atomic E-state index is 0.0220. The number of sulfonamides is 1. The van der Waals surface area contributed by atoms with Crippen LogP contribution in [0.3, 0.4) is 0 Å². The molecule has 0 spiro atoms. The summed E-state index contributed by atoms with van der Waals surface area (Å²) >= 11 is 3.39. The summed E-state index contributed by atoms with van der Waals surface area (Å²) in [6, 6.07) is 3.47. The lowest BCUT2D eigenvalue weighted by molar-refractivity contribution is -0.118. The van der Waals surface area contributed by atoms with Crippen molar-refractivity contribution in [1.82, 2.24) is 4.31 Å². The maximum absolute atomic E-state index is 12.8. The van der Waals surface area contributed by atoms with Gasteiger partial charge in [-0.3, -0.25) is 4.79 Å². The predicted molar refractivity (Wildman–Crippen MR) is 95.2 cm³/mol. The number of benzene rings is 1. The normalized spacial score (nSPS) is 14.4. The van der Waals surface area contributed by atoms with Crippen LogP contribution >= 0.6 is 15.9 Å². The first-order valence-electron chi connectivity index (χ1n) is 7.92. The number of halogens is 1. The molecule has 0 atom stereocenters. The molecule has 0 saturated heterocycles. The molecule has 0 aromatic heterocycles. The molecule has 1 aromatic carbocycles. The van der Waals surface area contributed by atoms with Gasteiger partial charge in [-0.15, -0.1) is 0 Å². The molecule has 0 N–H and O–H groups in total. The number of rotatable bonds is 6. The van der Waals surface area contributed by atoms with Crippen molar-refractivity contribution in [3.05, 3.63) is 22.2 Å². The largest absolute Gasteiger partial charge is 0.312 e. The molecule has 128 valence electrons. The van der Waals surface area contributed by atoms with E-state index in [9.17, 15) is 13.2 Å². The van der Waals surface area contributed by atoms with Crippen LogP contribution in [0.15, 0.2) is 21.5 Å². The maximum Gasteiger partial charge on any atom is 0.244 e. The monoisotopic (exact) mass is 402 g/mol. The van der Waals surface area contributed by atoms with E-state index in [4.69, 9.17) is 0 Å². The Bertz CT molecular complexity index is 704. The number of carbonyl (C=O) groups excluding carboxylic acids is 1. The Kier molecular flexibility index (Phi) is 5.86. The summed E-state index contributed by atoms with van der Waals surface area (Å²) in [6.45, 7) is 4.94. The summed E-state index contributed by atoms with van der Waals surface area (Å²) in [4.78, 5) is 14.0. The second-order valence-electron chi connectivity index (χ2n) is 5.74. The van der Waals surface area contributed by atoms with Crippen molar-refractivity contribution in [2.45, 2.75) is 44.4 Å². The van der Waals surface area contributed by atoms with Crippen LogP contribution in [0, 0.1) is 0 Å². The van der Waals surface area contributed by atoms with E-state index in [1.807, 2.05) is 19.9 Å². The third kappa shape index (κ3) is 3.61. The van der Waals surface area contributed by atoms with Crippen LogP contribution in [0.2, 0.25) is 0 Å². The van der Waals surface area contributed by atoms with Crippen LogP contribution in [-0.2, 0) is 21.2 Å². The molecule has 1 amide bonds. The molecular weight excluding hydrogens is 380 g/mol. The molecule has 2 rings (SSSR count). The highest BCUT2D eigenvalue weighted by atomic mass is 79.9. The minimum Gasteiger partial charge on any atom is -0.312 e. The van der Waals surface area contributed by atoms with E-state index < -0.39 is 10.0 Å². The van der Waals surface area contributed by atoms with Crippen molar-refractivity contribution < 1.29 is 13.2 Å². The number of amides is 1. The van der Waals surface area contributed by atoms with E-state index in [-0.39, 0.29) is 10.8 Å². The van der Waals surface area contributed by atoms with Crippen LogP contribution in [0.1, 0.15) is 38.7 Å². The number of nitrogens with zero attached hydrogens (tertiary/aromatic N) is 2. The second-order valence-corrected chi connectivity index (χ2v) is 8.61. The molecule has 1 aliphatic rings. The molecule has 0 unspecified atom stereocenters. The molecule has 0 aliphatic carbocycles. The molecule has 0 saturated carbocycles. The van der Waals surface area contributed by atoms with Crippen molar-refractivity contribution in [2.24, 2.45) is 0 Å². The van der Waals surface area contributed by atoms with Gasteiger partial charge in [-0.2, -0.15) is 0 Å². The highest BCUT2D eigenvalue weighted by molar-refractivity contribution is 9.10. The van der Waals surface area contributed by atoms with Gasteiger partial charge in [0, 0.05) is 36.7 Å². The van der Waals surface area contributed by atoms with Gasteiger partial charge >= 0.3 is 0 Å². The minimum atomic E-state index is -3.57. The third-order valence-corrected chi connectivity index (χ3v) is 6.96. The zero-order valence-electron chi connectivity index (χ0n) is 13.8. The number of carbonyl (C=O) groups is 1. The van der Waals surface area contributed by atoms with Gasteiger partial charge in [-0.05, 0) is 46.5 Å². The lowest BCUT2D eigenvalue weighted by atomic mass is 10.2. The average molecular weight is 403 g/mol. The van der Waals surface area contributed by atoms with Gasteiger partial charge in [0.05, 0.1) is 4.90 Å². The van der Waals surface area contributed by atoms with Crippen LogP contribution in [-0.4, -0.2) is 38.8 Å². The van der Waals surface area contributed by atoms with E-state index in [0.717, 1.165) is 30.5 Å². The molecule has 1 heterocycles. The number of hydrogen-bond donors (Lipinski definition) is 0. The van der Waals surface area contributed by atoms with E-state index in [0.29, 0.717) is 24.0 Å². The topological polar surface area (TPSA) is 57.7 Å². The smallest absolute Gasteiger partial charge is 0.244 e. The summed E-state index contributed by atoms with van der Waals surface area (Å²) in [5, 5.41) is 0. The molecule has 7 heteroatoms. The predicted octanol–water partition coefficient (Wildman–Crippen LogP) is 3.17. The lowest BCUT2D eigenvalue weighted by Gasteiger charge is -2.21. The Morgan fingerprint density at radius 3 is 2.65 bits per heavy atom. The molecule has 0 radical (unpaired) electrons. The number of anilines is 1. The fourth-order valence-electron chi connectivity index (χ4n) is 2.70. The first-order valence-corrected chi connectivity index (χ1v) is 10.1. The van der Waals surface area contributed by atoms with Gasteiger partial charge in [-0.1, -0.05) is 20.3 Å². The van der Waals surface area contributed by atoms with Gasteiger partial charge in [0.15, 0.2) is 0 Å². The fourth-order valence-corrected chi connectivity index (χ4v) is 4.98. The molecule has 1 aromatic rings. The standard InChI is InChI=1S/C16H23BrN2O3S/c1-4-6-8-18(3)23(21,22)15-11-14-12(10-13(15)17)7-9-19(14)16(20)5-2/h10-11H,4-9H2,1-3H3. The third-order valence-electron chi connectivity index (χ3n) is 4.15. The average Bonchev–Trinajstić information content (AvgIpc) is 2.93. The summed E-state index contributed by atoms with van der Waals surface area (Å²) < 4.78 is 27.5. The number of unbranched alkanes of at least 4 members (excludes halogenated alkanes) is 1. The molecule has 5 nitrogen and oxygen atoms in total. The van der Waals surface area contributed by atoms with Crippen LogP contribution in [0.5, 0.6) is 0 Å². The Morgan fingerprint density at radius 2 is 2.04 bits per heavy atom. The first kappa shape index (κ1) is 18.4. The lowest BCUT2D eigenvalue weighted by Crippen LogP contribution is -2.30. The van der Waals surface area contributed by atoms with Crippen molar-refractivity contribution in [1.29, 1.82) is 0 Å². The highest BCUT2D eigenvalue weighted by Gasteiger charge is 2.29. The van der Waals surface area contributed by atoms with Crippen molar-refractivity contribution >= 4 is 37.5 Å². The van der Waals surface area contributed by atoms with Gasteiger partial charge in [0.2, 0.25) is 15.9 Å². The van der Waals surface area contributed by atoms with Crippen molar-refractivity contribution in [2.75, 3.05) is 25.0 Å². The van der Waals surface area contributed by atoms with E-state index in [2.05, 4.69) is 15.9 Å². The number of hydrogen-bond acceptors (Lipinski definition) is 3. The Balaban J connectivity index is 2.43. The quantitative estimate of drug-likeness (QED) is 0.733. The molecule has 23 heavy (non-hydrogen) atoms. The van der Waals surface area contributed by atoms with Gasteiger partial charge < -0.3 is 4.90 Å². The first-order chi connectivity index (χ1) is 10.8. The molecule has 1 aliphatic heterocycles. The summed E-state index contributed by atoms with van der Waals surface area (Å²) in [5.41, 5.74) is 1.73. The summed E-state index contributed by atoms with van der Waals surface area (Å²) in [6.07, 6.45) is 2.92. The van der Waals surface area contributed by atoms with Crippen LogP contribution < -0.4 is 4.90 Å². The van der Waals surface area contributed by atoms with Crippen LogP contribution in [0.4, 0.5) is 5.69 Å². The van der Waals surface area contributed by atoms with Crippen LogP contribution in [0.25, 0.3) is 0 Å². The Labute approximate surface area is 146 Å². The van der Waals surface area contributed by atoms with Crippen molar-refractivity contribution in [3.63, 3.8) is 0 Å². The zero-order chi connectivity index (χ0) is 17.2. The number of fused-ring (bicyclic) bond motifs is 1. The molecular formula is C16H23BrN2O3S. The molecule has 0 fully saturated rings. The van der Waals surface area contributed by atoms with E-state index >= 15 is 0 Å². The van der Waals surface area contributed by atoms with Crippen molar-refractivity contribution in [3.8, 4) is 0 Å². The molecule has 0 bridgehead atoms. The van der Waals surface area contributed by atoms with E-state index in [1.54, 1.807) is 18.0 Å². The fraction of sp³-hybridized carbons (Fsp3) is 0.562. The Hall–Kier alpha value is -0.920. The van der Waals surface area contributed by atoms with Gasteiger partial charge in [0.1, 0.15) is 0 Å². The zero-order valence-corrected chi connectivity index (χ0v) is 16.2. The SMILES string of the molecule is CCCCN(C)S(=O)(=O)c1cc2c(cc1Br)CCN2C(=O)CC. The van der Waals surface area contributed by atoms with Gasteiger partial charge in [-0.25, -0.2) is 12.7 Å². The van der Waals surface area contributed by atoms with E-state index in [1.165, 1.54) is 4.31 Å². The van der Waals surface area contributed by atoms with Gasteiger partial charge in [0.25, 0.3) is 0 Å².